The molecule has 0 saturated heterocycles. The molecule has 0 bridgehead atoms. The molecule has 0 amide bonds. The van der Waals surface area contributed by atoms with Crippen molar-refractivity contribution in [1.82, 2.24) is 25.1 Å². The minimum absolute atomic E-state index is 0.409. The highest BCUT2D eigenvalue weighted by Crippen LogP contribution is 2.24. The van der Waals surface area contributed by atoms with Crippen LogP contribution < -0.4 is 5.32 Å². The molecule has 6 nitrogen and oxygen atoms in total. The number of aryl methyl sites for hydroxylation is 2. The smallest absolute Gasteiger partial charge is 0.163 e. The molecule has 0 atom stereocenters. The van der Waals surface area contributed by atoms with Crippen LogP contribution >= 0.6 is 0 Å². The number of halogens is 1. The van der Waals surface area contributed by atoms with Gasteiger partial charge in [-0.1, -0.05) is 0 Å². The van der Waals surface area contributed by atoms with E-state index < -0.39 is 5.82 Å². The summed E-state index contributed by atoms with van der Waals surface area (Å²) in [6.07, 6.45) is 1.15. The van der Waals surface area contributed by atoms with Crippen molar-refractivity contribution in [3.63, 3.8) is 0 Å². The van der Waals surface area contributed by atoms with Gasteiger partial charge in [0.25, 0.3) is 0 Å². The van der Waals surface area contributed by atoms with Crippen molar-refractivity contribution in [3.8, 4) is 0 Å². The lowest BCUT2D eigenvalue weighted by molar-refractivity contribution is 0.624. The number of aromatic amines is 1. The maximum absolute atomic E-state index is 13.3. The van der Waals surface area contributed by atoms with Crippen LogP contribution in [0.15, 0.2) is 12.3 Å². The molecule has 20 heavy (non-hydrogen) atoms. The summed E-state index contributed by atoms with van der Waals surface area (Å²) in [6.45, 7) is 5.66. The van der Waals surface area contributed by atoms with Gasteiger partial charge >= 0.3 is 0 Å². The molecular weight excluding hydrogens is 259 g/mol. The number of rotatable bonds is 2. The summed E-state index contributed by atoms with van der Waals surface area (Å²) in [5.74, 6) is 1.41. The quantitative estimate of drug-likeness (QED) is 0.749. The monoisotopic (exact) mass is 272 g/mol. The molecule has 3 rings (SSSR count). The molecular formula is C13H13FN6. The summed E-state index contributed by atoms with van der Waals surface area (Å²) in [4.78, 5) is 12.6. The third kappa shape index (κ3) is 2.07. The first-order valence-corrected chi connectivity index (χ1v) is 6.13. The number of hydrogen-bond donors (Lipinski definition) is 2. The van der Waals surface area contributed by atoms with Crippen LogP contribution in [0.2, 0.25) is 0 Å². The molecule has 0 aliphatic rings. The minimum atomic E-state index is -0.409. The highest BCUT2D eigenvalue weighted by atomic mass is 19.1. The lowest BCUT2D eigenvalue weighted by atomic mass is 10.2. The van der Waals surface area contributed by atoms with E-state index in [1.165, 1.54) is 6.07 Å². The van der Waals surface area contributed by atoms with Crippen molar-refractivity contribution < 1.29 is 4.39 Å². The zero-order chi connectivity index (χ0) is 14.3. The molecule has 0 saturated carbocycles. The summed E-state index contributed by atoms with van der Waals surface area (Å²) in [5, 5.41) is 10.5. The van der Waals surface area contributed by atoms with E-state index in [0.29, 0.717) is 28.5 Å². The number of anilines is 2. The Balaban J connectivity index is 2.08. The van der Waals surface area contributed by atoms with E-state index in [1.807, 2.05) is 20.8 Å². The van der Waals surface area contributed by atoms with E-state index in [4.69, 9.17) is 0 Å². The van der Waals surface area contributed by atoms with Crippen LogP contribution in [-0.4, -0.2) is 25.1 Å². The van der Waals surface area contributed by atoms with Crippen LogP contribution in [0.5, 0.6) is 0 Å². The van der Waals surface area contributed by atoms with Gasteiger partial charge in [0.15, 0.2) is 11.5 Å². The Morgan fingerprint density at radius 2 is 1.95 bits per heavy atom. The number of H-pyrrole nitrogens is 1. The molecule has 0 radical (unpaired) electrons. The van der Waals surface area contributed by atoms with Gasteiger partial charge in [-0.3, -0.25) is 5.10 Å². The molecule has 0 aliphatic heterocycles. The van der Waals surface area contributed by atoms with E-state index in [2.05, 4.69) is 30.5 Å². The first-order valence-electron chi connectivity index (χ1n) is 6.13. The van der Waals surface area contributed by atoms with Crippen LogP contribution in [-0.2, 0) is 0 Å². The molecule has 2 N–H and O–H groups in total. The molecule has 0 spiro atoms. The van der Waals surface area contributed by atoms with Gasteiger partial charge in [-0.2, -0.15) is 5.10 Å². The summed E-state index contributed by atoms with van der Waals surface area (Å²) < 4.78 is 13.3. The van der Waals surface area contributed by atoms with Gasteiger partial charge in [0.2, 0.25) is 0 Å². The van der Waals surface area contributed by atoms with E-state index >= 15 is 0 Å². The number of pyridine rings is 1. The summed E-state index contributed by atoms with van der Waals surface area (Å²) in [7, 11) is 0. The van der Waals surface area contributed by atoms with Gasteiger partial charge in [0, 0.05) is 11.3 Å². The number of hydrogen-bond acceptors (Lipinski definition) is 5. The molecule has 3 heterocycles. The number of nitrogens with one attached hydrogen (secondary N) is 2. The number of nitrogens with zero attached hydrogens (tertiary/aromatic N) is 4. The van der Waals surface area contributed by atoms with Gasteiger partial charge < -0.3 is 5.32 Å². The fraction of sp³-hybridized carbons (Fsp3) is 0.231. The molecule has 3 aromatic heterocycles. The second-order valence-electron chi connectivity index (χ2n) is 4.58. The number of fused-ring (bicyclic) bond motifs is 1. The van der Waals surface area contributed by atoms with Crippen molar-refractivity contribution in [3.05, 3.63) is 35.2 Å². The normalized spacial score (nSPS) is 11.0. The fourth-order valence-corrected chi connectivity index (χ4v) is 1.98. The Morgan fingerprint density at radius 3 is 2.75 bits per heavy atom. The summed E-state index contributed by atoms with van der Waals surface area (Å²) in [5.41, 5.74) is 2.34. The average molecular weight is 272 g/mol. The van der Waals surface area contributed by atoms with Crippen LogP contribution in [0.25, 0.3) is 11.0 Å². The first kappa shape index (κ1) is 12.5. The molecule has 7 heteroatoms. The lowest BCUT2D eigenvalue weighted by Crippen LogP contribution is -2.03. The van der Waals surface area contributed by atoms with Crippen molar-refractivity contribution >= 4 is 22.7 Å². The topological polar surface area (TPSA) is 79.4 Å². The highest BCUT2D eigenvalue weighted by molar-refractivity contribution is 5.88. The Kier molecular flexibility index (Phi) is 2.81. The van der Waals surface area contributed by atoms with E-state index in [0.717, 1.165) is 17.5 Å². The Labute approximate surface area is 114 Å². The predicted molar refractivity (Wildman–Crippen MR) is 73.4 cm³/mol. The largest absolute Gasteiger partial charge is 0.323 e. The van der Waals surface area contributed by atoms with Crippen LogP contribution in [0.4, 0.5) is 16.0 Å². The minimum Gasteiger partial charge on any atom is -0.323 e. The van der Waals surface area contributed by atoms with E-state index in [-0.39, 0.29) is 0 Å². The second-order valence-corrected chi connectivity index (χ2v) is 4.58. The Hall–Kier alpha value is -2.57. The Bertz CT molecular complexity index is 795. The molecule has 0 fully saturated rings. The first-order chi connectivity index (χ1) is 9.54. The van der Waals surface area contributed by atoms with Gasteiger partial charge in [0.1, 0.15) is 17.5 Å². The molecule has 0 unspecified atom stereocenters. The summed E-state index contributed by atoms with van der Waals surface area (Å²) >= 11 is 0. The standard InChI is InChI=1S/C13H13FN6/c1-6-7(2)16-8(3)17-11(6)18-13-10-4-9(14)5-15-12(10)19-20-13/h4-5H,1-3H3,(H2,15,16,17,18,19,20). The molecule has 0 aliphatic carbocycles. The SMILES string of the molecule is Cc1nc(C)c(C)c(Nc2n[nH]c3ncc(F)cc23)n1. The lowest BCUT2D eigenvalue weighted by Gasteiger charge is -2.09. The van der Waals surface area contributed by atoms with Gasteiger partial charge in [-0.15, -0.1) is 0 Å². The van der Waals surface area contributed by atoms with E-state index in [9.17, 15) is 4.39 Å². The fourth-order valence-electron chi connectivity index (χ4n) is 1.98. The van der Waals surface area contributed by atoms with Gasteiger partial charge in [-0.05, 0) is 26.8 Å². The average Bonchev–Trinajstić information content (AvgIpc) is 2.78. The van der Waals surface area contributed by atoms with Crippen molar-refractivity contribution in [1.29, 1.82) is 0 Å². The molecule has 102 valence electrons. The van der Waals surface area contributed by atoms with Gasteiger partial charge in [-0.25, -0.2) is 19.3 Å². The zero-order valence-corrected chi connectivity index (χ0v) is 11.3. The predicted octanol–water partition coefficient (Wildman–Crippen LogP) is 2.56. The Morgan fingerprint density at radius 1 is 1.15 bits per heavy atom. The van der Waals surface area contributed by atoms with E-state index in [1.54, 1.807) is 0 Å². The van der Waals surface area contributed by atoms with Crippen LogP contribution in [0, 0.1) is 26.6 Å². The van der Waals surface area contributed by atoms with Crippen molar-refractivity contribution in [2.45, 2.75) is 20.8 Å². The molecule has 0 aromatic carbocycles. The zero-order valence-electron chi connectivity index (χ0n) is 11.3. The highest BCUT2D eigenvalue weighted by Gasteiger charge is 2.11. The third-order valence-electron chi connectivity index (χ3n) is 3.12. The van der Waals surface area contributed by atoms with Crippen molar-refractivity contribution in [2.75, 3.05) is 5.32 Å². The van der Waals surface area contributed by atoms with Crippen molar-refractivity contribution in [2.24, 2.45) is 0 Å². The van der Waals surface area contributed by atoms with Crippen LogP contribution in [0.3, 0.4) is 0 Å². The maximum atomic E-state index is 13.3. The number of aromatic nitrogens is 5. The molecule has 3 aromatic rings. The second kappa shape index (κ2) is 4.52. The third-order valence-corrected chi connectivity index (χ3v) is 3.12. The summed E-state index contributed by atoms with van der Waals surface area (Å²) in [6, 6.07) is 1.38. The maximum Gasteiger partial charge on any atom is 0.163 e. The van der Waals surface area contributed by atoms with Crippen LogP contribution in [0.1, 0.15) is 17.1 Å². The van der Waals surface area contributed by atoms with Gasteiger partial charge in [0.05, 0.1) is 11.6 Å².